The number of pyridine rings is 1. The van der Waals surface area contributed by atoms with E-state index in [1.54, 1.807) is 0 Å². The molecule has 1 aromatic rings. The lowest BCUT2D eigenvalue weighted by Gasteiger charge is -2.15. The Morgan fingerprint density at radius 2 is 2.40 bits per heavy atom. The minimum atomic E-state index is -1.22. The molecule has 108 valence electrons. The molecule has 0 spiro atoms. The van der Waals surface area contributed by atoms with Crippen LogP contribution in [-0.4, -0.2) is 40.2 Å². The van der Waals surface area contributed by atoms with E-state index in [1.807, 2.05) is 6.92 Å². The largest absolute Gasteiger partial charge is 0.477 e. The van der Waals surface area contributed by atoms with E-state index in [0.717, 1.165) is 18.6 Å². The molecule has 1 saturated heterocycles. The first-order valence-corrected chi connectivity index (χ1v) is 6.23. The van der Waals surface area contributed by atoms with Crippen molar-refractivity contribution in [1.82, 2.24) is 4.98 Å². The molecule has 2 N–H and O–H groups in total. The zero-order valence-electron chi connectivity index (χ0n) is 10.9. The number of rotatable bonds is 5. The Kier molecular flexibility index (Phi) is 4.14. The quantitative estimate of drug-likeness (QED) is 0.621. The highest BCUT2D eigenvalue weighted by Crippen LogP contribution is 2.25. The molecular weight excluding hydrogens is 266 g/mol. The van der Waals surface area contributed by atoms with Crippen LogP contribution in [0.3, 0.4) is 0 Å². The number of nitrogens with zero attached hydrogens (tertiary/aromatic N) is 2. The minimum Gasteiger partial charge on any atom is -0.477 e. The summed E-state index contributed by atoms with van der Waals surface area (Å²) in [6.07, 6.45) is 0.935. The van der Waals surface area contributed by atoms with Crippen LogP contribution in [0.4, 0.5) is 11.5 Å². The fourth-order valence-electron chi connectivity index (χ4n) is 2.12. The maximum absolute atomic E-state index is 10.9. The summed E-state index contributed by atoms with van der Waals surface area (Å²) in [6, 6.07) is 2.26. The van der Waals surface area contributed by atoms with Crippen molar-refractivity contribution in [2.45, 2.75) is 19.4 Å². The summed E-state index contributed by atoms with van der Waals surface area (Å²) >= 11 is 0. The van der Waals surface area contributed by atoms with E-state index in [0.29, 0.717) is 13.2 Å². The average Bonchev–Trinajstić information content (AvgIpc) is 2.81. The molecule has 2 heterocycles. The molecule has 0 saturated carbocycles. The zero-order valence-corrected chi connectivity index (χ0v) is 10.9. The highest BCUT2D eigenvalue weighted by Gasteiger charge is 2.25. The maximum Gasteiger partial charge on any atom is 0.354 e. The Balaban J connectivity index is 2.17. The lowest BCUT2D eigenvalue weighted by atomic mass is 10.0. The van der Waals surface area contributed by atoms with Crippen LogP contribution in [0.2, 0.25) is 0 Å². The number of carbonyl (C=O) groups is 1. The summed E-state index contributed by atoms with van der Waals surface area (Å²) in [6.45, 7) is 3.06. The lowest BCUT2D eigenvalue weighted by Crippen LogP contribution is -2.22. The molecule has 2 rings (SSSR count). The summed E-state index contributed by atoms with van der Waals surface area (Å²) < 4.78 is 5.41. The standard InChI is InChI=1S/C12H15N3O5/c1-7-8(4-5-20-7)6-13-11-10(15(18)19)3-2-9(14-11)12(16)17/h2-3,7-8H,4-6H2,1H3,(H,13,14)(H,16,17). The number of nitrogens with one attached hydrogen (secondary N) is 1. The van der Waals surface area contributed by atoms with E-state index in [2.05, 4.69) is 10.3 Å². The molecule has 1 aromatic heterocycles. The molecule has 0 radical (unpaired) electrons. The molecule has 1 aliphatic rings. The van der Waals surface area contributed by atoms with Gasteiger partial charge in [-0.15, -0.1) is 0 Å². The van der Waals surface area contributed by atoms with Crippen molar-refractivity contribution in [2.75, 3.05) is 18.5 Å². The topological polar surface area (TPSA) is 115 Å². The molecule has 20 heavy (non-hydrogen) atoms. The fraction of sp³-hybridized carbons (Fsp3) is 0.500. The second-order valence-electron chi connectivity index (χ2n) is 4.63. The number of aromatic carboxylic acids is 1. The van der Waals surface area contributed by atoms with Crippen LogP contribution in [0.5, 0.6) is 0 Å². The minimum absolute atomic E-state index is 0.0194. The van der Waals surface area contributed by atoms with Crippen LogP contribution in [-0.2, 0) is 4.74 Å². The Labute approximate surface area is 114 Å². The second-order valence-corrected chi connectivity index (χ2v) is 4.63. The van der Waals surface area contributed by atoms with Gasteiger partial charge in [0.15, 0.2) is 5.69 Å². The monoisotopic (exact) mass is 281 g/mol. The number of anilines is 1. The van der Waals surface area contributed by atoms with Gasteiger partial charge in [0.2, 0.25) is 5.82 Å². The van der Waals surface area contributed by atoms with Gasteiger partial charge in [-0.1, -0.05) is 0 Å². The molecule has 0 amide bonds. The Hall–Kier alpha value is -2.22. The zero-order chi connectivity index (χ0) is 14.7. The summed E-state index contributed by atoms with van der Waals surface area (Å²) in [7, 11) is 0. The van der Waals surface area contributed by atoms with E-state index >= 15 is 0 Å². The van der Waals surface area contributed by atoms with E-state index in [4.69, 9.17) is 9.84 Å². The van der Waals surface area contributed by atoms with E-state index in [1.165, 1.54) is 0 Å². The second kappa shape index (κ2) is 5.83. The number of ether oxygens (including phenoxy) is 1. The maximum atomic E-state index is 10.9. The van der Waals surface area contributed by atoms with Gasteiger partial charge in [-0.05, 0) is 19.4 Å². The number of carboxylic acid groups (broad SMARTS) is 1. The Morgan fingerprint density at radius 1 is 1.65 bits per heavy atom. The van der Waals surface area contributed by atoms with Gasteiger partial charge in [-0.25, -0.2) is 9.78 Å². The van der Waals surface area contributed by atoms with Crippen molar-refractivity contribution in [3.8, 4) is 0 Å². The Bertz CT molecular complexity index is 534. The SMILES string of the molecule is CC1OCCC1CNc1nc(C(=O)O)ccc1[N+](=O)[O-]. The average molecular weight is 281 g/mol. The molecule has 1 fully saturated rings. The molecular formula is C12H15N3O5. The van der Waals surface area contributed by atoms with Gasteiger partial charge in [0, 0.05) is 25.1 Å². The molecule has 8 heteroatoms. The van der Waals surface area contributed by atoms with Crippen LogP contribution >= 0.6 is 0 Å². The predicted octanol–water partition coefficient (Wildman–Crippen LogP) is 1.52. The first kappa shape index (κ1) is 14.2. The van der Waals surface area contributed by atoms with Crippen molar-refractivity contribution >= 4 is 17.5 Å². The third kappa shape index (κ3) is 3.02. The van der Waals surface area contributed by atoms with Crippen LogP contribution in [0.25, 0.3) is 0 Å². The van der Waals surface area contributed by atoms with Gasteiger partial charge in [-0.2, -0.15) is 0 Å². The fourth-order valence-corrected chi connectivity index (χ4v) is 2.12. The van der Waals surface area contributed by atoms with Crippen molar-refractivity contribution < 1.29 is 19.6 Å². The van der Waals surface area contributed by atoms with Crippen molar-refractivity contribution in [3.63, 3.8) is 0 Å². The van der Waals surface area contributed by atoms with Gasteiger partial charge >= 0.3 is 11.7 Å². The van der Waals surface area contributed by atoms with Crippen molar-refractivity contribution in [2.24, 2.45) is 5.92 Å². The van der Waals surface area contributed by atoms with E-state index in [-0.39, 0.29) is 29.2 Å². The normalized spacial score (nSPS) is 21.6. The highest BCUT2D eigenvalue weighted by atomic mass is 16.6. The molecule has 8 nitrogen and oxygen atoms in total. The van der Waals surface area contributed by atoms with Crippen LogP contribution < -0.4 is 5.32 Å². The van der Waals surface area contributed by atoms with Crippen molar-refractivity contribution in [1.29, 1.82) is 0 Å². The lowest BCUT2D eigenvalue weighted by molar-refractivity contribution is -0.384. The summed E-state index contributed by atoms with van der Waals surface area (Å²) in [5.41, 5.74) is -0.463. The molecule has 0 aromatic carbocycles. The van der Waals surface area contributed by atoms with Crippen LogP contribution in [0.15, 0.2) is 12.1 Å². The van der Waals surface area contributed by atoms with Crippen LogP contribution in [0, 0.1) is 16.0 Å². The van der Waals surface area contributed by atoms with Gasteiger partial charge in [-0.3, -0.25) is 10.1 Å². The first-order chi connectivity index (χ1) is 9.49. The molecule has 0 bridgehead atoms. The highest BCUT2D eigenvalue weighted by molar-refractivity contribution is 5.86. The van der Waals surface area contributed by atoms with E-state index < -0.39 is 10.9 Å². The van der Waals surface area contributed by atoms with Crippen molar-refractivity contribution in [3.05, 3.63) is 27.9 Å². The predicted molar refractivity (Wildman–Crippen MR) is 69.9 cm³/mol. The van der Waals surface area contributed by atoms with Crippen LogP contribution in [0.1, 0.15) is 23.8 Å². The number of hydrogen-bond donors (Lipinski definition) is 2. The summed E-state index contributed by atoms with van der Waals surface area (Å²) in [5, 5.41) is 22.7. The summed E-state index contributed by atoms with van der Waals surface area (Å²) in [5.74, 6) is -1.01. The van der Waals surface area contributed by atoms with Gasteiger partial charge in [0.1, 0.15) is 0 Å². The molecule has 2 unspecified atom stereocenters. The van der Waals surface area contributed by atoms with Gasteiger partial charge in [0.05, 0.1) is 11.0 Å². The third-order valence-electron chi connectivity index (χ3n) is 3.35. The molecule has 0 aliphatic carbocycles. The summed E-state index contributed by atoms with van der Waals surface area (Å²) in [4.78, 5) is 25.0. The third-order valence-corrected chi connectivity index (χ3v) is 3.35. The van der Waals surface area contributed by atoms with Gasteiger partial charge < -0.3 is 15.2 Å². The smallest absolute Gasteiger partial charge is 0.354 e. The first-order valence-electron chi connectivity index (χ1n) is 6.23. The molecule has 2 atom stereocenters. The van der Waals surface area contributed by atoms with E-state index in [9.17, 15) is 14.9 Å². The number of nitro groups is 1. The number of aromatic nitrogens is 1. The Morgan fingerprint density at radius 3 is 2.95 bits per heavy atom. The number of carboxylic acids is 1. The number of hydrogen-bond acceptors (Lipinski definition) is 6. The molecule has 1 aliphatic heterocycles. The van der Waals surface area contributed by atoms with Gasteiger partial charge in [0.25, 0.3) is 0 Å².